The molecule has 1 amide bonds. The average molecular weight is 403 g/mol. The van der Waals surface area contributed by atoms with E-state index in [9.17, 15) is 4.79 Å². The Morgan fingerprint density at radius 2 is 1.69 bits per heavy atom. The van der Waals surface area contributed by atoms with Crippen LogP contribution in [0.25, 0.3) is 0 Å². The first-order valence-electron chi connectivity index (χ1n) is 7.86. The van der Waals surface area contributed by atoms with Crippen LogP contribution in [0.5, 0.6) is 0 Å². The number of benzene rings is 3. The molecular weight excluding hydrogens is 387 g/mol. The van der Waals surface area contributed by atoms with Gasteiger partial charge in [-0.1, -0.05) is 65.7 Å². The van der Waals surface area contributed by atoms with Crippen molar-refractivity contribution in [2.45, 2.75) is 10.1 Å². The van der Waals surface area contributed by atoms with Gasteiger partial charge < -0.3 is 11.1 Å². The maximum atomic E-state index is 13.0. The van der Waals surface area contributed by atoms with Crippen LogP contribution < -0.4 is 11.1 Å². The fourth-order valence-electron chi connectivity index (χ4n) is 2.42. The highest BCUT2D eigenvalue weighted by atomic mass is 35.5. The van der Waals surface area contributed by atoms with Gasteiger partial charge in [-0.3, -0.25) is 4.79 Å². The standard InChI is InChI=1S/C20H16Cl2N2OS/c21-16-10-5-11-17(18(16)22)24-20(25)19(13-6-2-1-3-7-13)26-15-9-4-8-14(23)12-15/h1-12,19H,23H2,(H,24,25). The topological polar surface area (TPSA) is 55.1 Å². The lowest BCUT2D eigenvalue weighted by atomic mass is 10.1. The second-order valence-electron chi connectivity index (χ2n) is 5.57. The van der Waals surface area contributed by atoms with E-state index in [1.54, 1.807) is 18.2 Å². The fourth-order valence-corrected chi connectivity index (χ4v) is 3.86. The van der Waals surface area contributed by atoms with E-state index in [0.717, 1.165) is 10.5 Å². The average Bonchev–Trinajstić information content (AvgIpc) is 2.64. The first-order valence-corrected chi connectivity index (χ1v) is 9.50. The number of nitrogens with two attached hydrogens (primary N) is 1. The van der Waals surface area contributed by atoms with Crippen LogP contribution in [0.15, 0.2) is 77.7 Å². The summed E-state index contributed by atoms with van der Waals surface area (Å²) < 4.78 is 0. The summed E-state index contributed by atoms with van der Waals surface area (Å²) in [5, 5.41) is 3.13. The van der Waals surface area contributed by atoms with Gasteiger partial charge >= 0.3 is 0 Å². The number of carbonyl (C=O) groups excluding carboxylic acids is 1. The Morgan fingerprint density at radius 3 is 2.42 bits per heavy atom. The number of anilines is 2. The summed E-state index contributed by atoms with van der Waals surface area (Å²) in [5.41, 5.74) is 7.89. The summed E-state index contributed by atoms with van der Waals surface area (Å²) in [5.74, 6) is -0.187. The zero-order valence-electron chi connectivity index (χ0n) is 13.7. The number of rotatable bonds is 5. The predicted octanol–water partition coefficient (Wildman–Crippen LogP) is 6.05. The van der Waals surface area contributed by atoms with E-state index in [2.05, 4.69) is 5.32 Å². The lowest BCUT2D eigenvalue weighted by Gasteiger charge is -2.18. The van der Waals surface area contributed by atoms with E-state index in [4.69, 9.17) is 28.9 Å². The molecule has 0 heterocycles. The molecule has 3 aromatic carbocycles. The number of hydrogen-bond donors (Lipinski definition) is 2. The molecule has 0 aliphatic carbocycles. The number of amides is 1. The normalized spacial score (nSPS) is 11.8. The number of nitrogen functional groups attached to an aromatic ring is 1. The molecule has 3 aromatic rings. The predicted molar refractivity (Wildman–Crippen MR) is 111 cm³/mol. The number of hydrogen-bond acceptors (Lipinski definition) is 3. The molecule has 26 heavy (non-hydrogen) atoms. The maximum Gasteiger partial charge on any atom is 0.242 e. The molecule has 0 saturated carbocycles. The van der Waals surface area contributed by atoms with Crippen molar-refractivity contribution in [3.05, 3.63) is 88.4 Å². The fraction of sp³-hybridized carbons (Fsp3) is 0.0500. The molecule has 1 atom stereocenters. The number of carbonyl (C=O) groups is 1. The van der Waals surface area contributed by atoms with Crippen LogP contribution in [-0.4, -0.2) is 5.91 Å². The molecule has 0 fully saturated rings. The van der Waals surface area contributed by atoms with E-state index in [-0.39, 0.29) is 5.91 Å². The monoisotopic (exact) mass is 402 g/mol. The third-order valence-electron chi connectivity index (χ3n) is 3.66. The summed E-state index contributed by atoms with van der Waals surface area (Å²) in [7, 11) is 0. The van der Waals surface area contributed by atoms with Crippen molar-refractivity contribution in [3.63, 3.8) is 0 Å². The van der Waals surface area contributed by atoms with Gasteiger partial charge in [0.25, 0.3) is 0 Å². The highest BCUT2D eigenvalue weighted by molar-refractivity contribution is 8.00. The zero-order chi connectivity index (χ0) is 18.5. The Balaban J connectivity index is 1.90. The van der Waals surface area contributed by atoms with Crippen molar-refractivity contribution >= 4 is 52.2 Å². The van der Waals surface area contributed by atoms with Gasteiger partial charge in [0, 0.05) is 10.6 Å². The molecule has 0 bridgehead atoms. The molecule has 3 rings (SSSR count). The van der Waals surface area contributed by atoms with Crippen LogP contribution in [0, 0.1) is 0 Å². The Hall–Kier alpha value is -2.14. The van der Waals surface area contributed by atoms with Crippen LogP contribution >= 0.6 is 35.0 Å². The minimum absolute atomic E-state index is 0.187. The van der Waals surface area contributed by atoms with Crippen LogP contribution in [0.3, 0.4) is 0 Å². The molecule has 132 valence electrons. The maximum absolute atomic E-state index is 13.0. The second kappa shape index (κ2) is 8.49. The van der Waals surface area contributed by atoms with Crippen LogP contribution in [0.1, 0.15) is 10.8 Å². The third-order valence-corrected chi connectivity index (χ3v) is 5.73. The summed E-state index contributed by atoms with van der Waals surface area (Å²) in [4.78, 5) is 13.9. The summed E-state index contributed by atoms with van der Waals surface area (Å²) in [6.07, 6.45) is 0. The Morgan fingerprint density at radius 1 is 0.962 bits per heavy atom. The lowest BCUT2D eigenvalue weighted by Crippen LogP contribution is -2.19. The van der Waals surface area contributed by atoms with E-state index < -0.39 is 5.25 Å². The molecule has 0 radical (unpaired) electrons. The van der Waals surface area contributed by atoms with Crippen molar-refractivity contribution in [3.8, 4) is 0 Å². The molecule has 0 saturated heterocycles. The van der Waals surface area contributed by atoms with Gasteiger partial charge in [-0.05, 0) is 35.9 Å². The first-order chi connectivity index (χ1) is 12.5. The van der Waals surface area contributed by atoms with Gasteiger partial charge in [-0.2, -0.15) is 0 Å². The van der Waals surface area contributed by atoms with Crippen LogP contribution in [0.2, 0.25) is 10.0 Å². The summed E-state index contributed by atoms with van der Waals surface area (Å²) >= 11 is 13.7. The van der Waals surface area contributed by atoms with Gasteiger partial charge in [0.15, 0.2) is 0 Å². The van der Waals surface area contributed by atoms with Crippen molar-refractivity contribution in [2.24, 2.45) is 0 Å². The quantitative estimate of drug-likeness (QED) is 0.403. The van der Waals surface area contributed by atoms with Gasteiger partial charge in [-0.25, -0.2) is 0 Å². The molecule has 0 aliphatic heterocycles. The highest BCUT2D eigenvalue weighted by Crippen LogP contribution is 2.38. The van der Waals surface area contributed by atoms with E-state index in [1.165, 1.54) is 11.8 Å². The minimum atomic E-state index is -0.465. The lowest BCUT2D eigenvalue weighted by molar-refractivity contribution is -0.115. The molecule has 0 aliphatic rings. The molecule has 0 spiro atoms. The number of thioether (sulfide) groups is 1. The minimum Gasteiger partial charge on any atom is -0.399 e. The molecule has 1 unspecified atom stereocenters. The Kier molecular flexibility index (Phi) is 6.09. The SMILES string of the molecule is Nc1cccc(SC(C(=O)Nc2cccc(Cl)c2Cl)c2ccccc2)c1. The molecule has 3 nitrogen and oxygen atoms in total. The van der Waals surface area contributed by atoms with Crippen molar-refractivity contribution in [1.82, 2.24) is 0 Å². The summed E-state index contributed by atoms with van der Waals surface area (Å²) in [6, 6.07) is 22.2. The second-order valence-corrected chi connectivity index (χ2v) is 7.54. The Labute approximate surface area is 166 Å². The molecular formula is C20H16Cl2N2OS. The highest BCUT2D eigenvalue weighted by Gasteiger charge is 2.23. The molecule has 6 heteroatoms. The molecule has 3 N–H and O–H groups in total. The van der Waals surface area contributed by atoms with Gasteiger partial charge in [0.05, 0.1) is 15.7 Å². The van der Waals surface area contributed by atoms with Gasteiger partial charge in [0.2, 0.25) is 5.91 Å². The van der Waals surface area contributed by atoms with Crippen molar-refractivity contribution in [1.29, 1.82) is 0 Å². The first kappa shape index (κ1) is 18.6. The summed E-state index contributed by atoms with van der Waals surface area (Å²) in [6.45, 7) is 0. The number of nitrogens with one attached hydrogen (secondary N) is 1. The van der Waals surface area contributed by atoms with Crippen molar-refractivity contribution < 1.29 is 4.79 Å². The van der Waals surface area contributed by atoms with E-state index >= 15 is 0 Å². The zero-order valence-corrected chi connectivity index (χ0v) is 16.0. The van der Waals surface area contributed by atoms with Crippen molar-refractivity contribution in [2.75, 3.05) is 11.1 Å². The Bertz CT molecular complexity index is 919. The van der Waals surface area contributed by atoms with Gasteiger partial charge in [-0.15, -0.1) is 11.8 Å². The van der Waals surface area contributed by atoms with Crippen LogP contribution in [-0.2, 0) is 4.79 Å². The van der Waals surface area contributed by atoms with Gasteiger partial charge in [0.1, 0.15) is 5.25 Å². The van der Waals surface area contributed by atoms with E-state index in [1.807, 2.05) is 54.6 Å². The van der Waals surface area contributed by atoms with Crippen LogP contribution in [0.4, 0.5) is 11.4 Å². The smallest absolute Gasteiger partial charge is 0.242 e. The number of halogens is 2. The molecule has 0 aromatic heterocycles. The largest absolute Gasteiger partial charge is 0.399 e. The van der Waals surface area contributed by atoms with E-state index in [0.29, 0.717) is 21.4 Å². The third kappa shape index (κ3) is 4.52.